The van der Waals surface area contributed by atoms with E-state index in [4.69, 9.17) is 44.1 Å². The van der Waals surface area contributed by atoms with Crippen LogP contribution >= 0.6 is 23.2 Å². The molecule has 0 atom stereocenters. The fourth-order valence-corrected chi connectivity index (χ4v) is 4.88. The number of rotatable bonds is 15. The van der Waals surface area contributed by atoms with Gasteiger partial charge in [0.15, 0.2) is 0 Å². The van der Waals surface area contributed by atoms with Crippen molar-refractivity contribution in [2.45, 2.75) is 27.7 Å². The summed E-state index contributed by atoms with van der Waals surface area (Å²) in [6, 6.07) is 2.89. The molecule has 0 heterocycles. The highest BCUT2D eigenvalue weighted by molar-refractivity contribution is 6.36. The molecule has 0 fully saturated rings. The Kier molecular flexibility index (Phi) is 13.1. The van der Waals surface area contributed by atoms with Gasteiger partial charge >= 0.3 is 0 Å². The first-order valence-corrected chi connectivity index (χ1v) is 14.2. The van der Waals surface area contributed by atoms with Gasteiger partial charge in [-0.05, 0) is 38.3 Å². The van der Waals surface area contributed by atoms with E-state index in [-0.39, 0.29) is 55.2 Å². The number of carbonyl (C=O) groups excluding carboxylic acids is 2. The molecule has 2 aromatic carbocycles. The molecule has 40 heavy (non-hydrogen) atoms. The Morgan fingerprint density at radius 3 is 1.32 bits per heavy atom. The maximum atomic E-state index is 13.3. The predicted octanol–water partition coefficient (Wildman–Crippen LogP) is 3.99. The van der Waals surface area contributed by atoms with Crippen molar-refractivity contribution >= 4 is 46.4 Å². The zero-order chi connectivity index (χ0) is 30.0. The van der Waals surface area contributed by atoms with E-state index in [9.17, 15) is 9.59 Å². The molecule has 0 aromatic heterocycles. The maximum Gasteiger partial charge on any atom is 0.255 e. The molecular weight excluding hydrogens is 555 g/mol. The first kappa shape index (κ1) is 33.3. The number of ether oxygens (including phenoxy) is 2. The molecule has 222 valence electrons. The fourth-order valence-electron chi connectivity index (χ4n) is 4.48. The number of nitrogens with one attached hydrogen (secondary N) is 2. The van der Waals surface area contributed by atoms with Crippen LogP contribution in [0.5, 0.6) is 11.5 Å². The van der Waals surface area contributed by atoms with Crippen LogP contribution in [0, 0.1) is 0 Å². The lowest BCUT2D eigenvalue weighted by molar-refractivity contribution is 0.0937. The highest BCUT2D eigenvalue weighted by Gasteiger charge is 2.29. The van der Waals surface area contributed by atoms with Crippen LogP contribution < -0.4 is 31.6 Å². The van der Waals surface area contributed by atoms with E-state index < -0.39 is 11.8 Å². The summed E-state index contributed by atoms with van der Waals surface area (Å²) >= 11 is 13.0. The molecule has 2 amide bonds. The number of benzene rings is 2. The van der Waals surface area contributed by atoms with Crippen LogP contribution in [0.4, 0.5) is 11.4 Å². The molecule has 0 radical (unpaired) electrons. The van der Waals surface area contributed by atoms with Crippen LogP contribution in [0.1, 0.15) is 48.4 Å². The van der Waals surface area contributed by atoms with E-state index >= 15 is 0 Å². The predicted molar refractivity (Wildman–Crippen MR) is 164 cm³/mol. The number of anilines is 2. The second-order valence-electron chi connectivity index (χ2n) is 9.02. The Bertz CT molecular complexity index is 1090. The number of hydrogen-bond donors (Lipinski definition) is 4. The highest BCUT2D eigenvalue weighted by atomic mass is 35.5. The van der Waals surface area contributed by atoms with E-state index in [1.807, 2.05) is 0 Å². The van der Waals surface area contributed by atoms with Crippen LogP contribution in [0.2, 0.25) is 10.0 Å². The van der Waals surface area contributed by atoms with Gasteiger partial charge in [-0.1, -0.05) is 50.9 Å². The quantitative estimate of drug-likeness (QED) is 0.227. The molecule has 0 spiro atoms. The Hall–Kier alpha value is -2.92. The number of amides is 2. The van der Waals surface area contributed by atoms with E-state index in [1.165, 1.54) is 26.4 Å². The Morgan fingerprint density at radius 1 is 0.725 bits per heavy atom. The third kappa shape index (κ3) is 7.63. The number of likely N-dealkylation sites (N-methyl/N-ethyl adjacent to an activating group) is 2. The highest BCUT2D eigenvalue weighted by Crippen LogP contribution is 2.50. The van der Waals surface area contributed by atoms with Crippen LogP contribution in [-0.4, -0.2) is 88.2 Å². The van der Waals surface area contributed by atoms with Gasteiger partial charge in [0.25, 0.3) is 11.8 Å². The van der Waals surface area contributed by atoms with Crippen LogP contribution in [0.25, 0.3) is 11.1 Å². The molecule has 0 unspecified atom stereocenters. The van der Waals surface area contributed by atoms with Crippen molar-refractivity contribution in [3.63, 3.8) is 0 Å². The summed E-state index contributed by atoms with van der Waals surface area (Å²) < 4.78 is 11.4. The van der Waals surface area contributed by atoms with Gasteiger partial charge in [-0.3, -0.25) is 9.59 Å². The molecule has 0 bridgehead atoms. The SMILES string of the molecule is CCN(CC)CCNC(=O)c1cc(Cl)c(N)c(-c2c(N)c(Cl)cc(C(=O)NCCN(CC)CC)c2OC)c1OC. The van der Waals surface area contributed by atoms with E-state index in [0.717, 1.165) is 26.2 Å². The van der Waals surface area contributed by atoms with Gasteiger partial charge in [0, 0.05) is 26.2 Å². The lowest BCUT2D eigenvalue weighted by atomic mass is 9.94. The molecule has 0 aliphatic heterocycles. The smallest absolute Gasteiger partial charge is 0.255 e. The van der Waals surface area contributed by atoms with Crippen molar-refractivity contribution in [3.05, 3.63) is 33.3 Å². The molecule has 10 nitrogen and oxygen atoms in total. The summed E-state index contributed by atoms with van der Waals surface area (Å²) in [6.45, 7) is 13.9. The van der Waals surface area contributed by atoms with Gasteiger partial charge in [0.05, 0.1) is 57.9 Å². The van der Waals surface area contributed by atoms with E-state index in [2.05, 4.69) is 48.1 Å². The Labute approximate surface area is 247 Å². The van der Waals surface area contributed by atoms with Crippen molar-refractivity contribution in [2.24, 2.45) is 0 Å². The van der Waals surface area contributed by atoms with Crippen molar-refractivity contribution in [1.82, 2.24) is 20.4 Å². The number of methoxy groups -OCH3 is 2. The lowest BCUT2D eigenvalue weighted by Gasteiger charge is -2.23. The third-order valence-corrected chi connectivity index (χ3v) is 7.53. The maximum absolute atomic E-state index is 13.3. The van der Waals surface area contributed by atoms with E-state index in [0.29, 0.717) is 26.2 Å². The Balaban J connectivity index is 2.61. The van der Waals surface area contributed by atoms with Crippen molar-refractivity contribution in [1.29, 1.82) is 0 Å². The number of halogens is 2. The summed E-state index contributed by atoms with van der Waals surface area (Å²) in [7, 11) is 2.82. The second kappa shape index (κ2) is 15.8. The molecule has 6 N–H and O–H groups in total. The standard InChI is InChI=1S/C28H42Cl2N6O4/c1-7-35(8-2)13-11-33-27(37)17-15-19(29)23(31)21(25(17)39-5)22-24(32)20(30)16-18(26(22)40-6)28(38)34-12-14-36(9-3)10-4/h15-16H,7-14,31-32H2,1-6H3,(H,33,37)(H,34,38). The minimum atomic E-state index is -0.402. The zero-order valence-electron chi connectivity index (χ0n) is 24.2. The number of nitrogens with two attached hydrogens (primary N) is 2. The molecule has 2 aromatic rings. The van der Waals surface area contributed by atoms with Gasteiger partial charge in [-0.2, -0.15) is 0 Å². The third-order valence-electron chi connectivity index (χ3n) is 6.90. The topological polar surface area (TPSA) is 135 Å². The van der Waals surface area contributed by atoms with Gasteiger partial charge in [-0.15, -0.1) is 0 Å². The molecule has 12 heteroatoms. The summed E-state index contributed by atoms with van der Waals surface area (Å²) in [6.07, 6.45) is 0. The molecule has 0 aliphatic carbocycles. The fraction of sp³-hybridized carbons (Fsp3) is 0.500. The van der Waals surface area contributed by atoms with Gasteiger partial charge < -0.3 is 41.4 Å². The molecule has 0 aliphatic rings. The normalized spacial score (nSPS) is 11.2. The number of nitrogens with zero attached hydrogens (tertiary/aromatic N) is 2. The molecular formula is C28H42Cl2N6O4. The second-order valence-corrected chi connectivity index (χ2v) is 9.84. The molecule has 2 rings (SSSR count). The van der Waals surface area contributed by atoms with Gasteiger partial charge in [-0.25, -0.2) is 0 Å². The number of carbonyl (C=O) groups is 2. The van der Waals surface area contributed by atoms with Gasteiger partial charge in [0.2, 0.25) is 0 Å². The first-order valence-electron chi connectivity index (χ1n) is 13.4. The minimum Gasteiger partial charge on any atom is -0.495 e. The van der Waals surface area contributed by atoms with Gasteiger partial charge in [0.1, 0.15) is 11.5 Å². The van der Waals surface area contributed by atoms with Crippen molar-refractivity contribution in [2.75, 3.05) is 78.0 Å². The van der Waals surface area contributed by atoms with Crippen LogP contribution in [-0.2, 0) is 0 Å². The summed E-state index contributed by atoms with van der Waals surface area (Å²) in [5, 5.41) is 6.03. The summed E-state index contributed by atoms with van der Waals surface area (Å²) in [5.41, 5.74) is 13.8. The average Bonchev–Trinajstić information content (AvgIpc) is 2.95. The molecule has 0 saturated heterocycles. The Morgan fingerprint density at radius 2 is 1.05 bits per heavy atom. The summed E-state index contributed by atoms with van der Waals surface area (Å²) in [5.74, 6) is -0.549. The summed E-state index contributed by atoms with van der Waals surface area (Å²) in [4.78, 5) is 30.9. The molecule has 0 saturated carbocycles. The van der Waals surface area contributed by atoms with Crippen molar-refractivity contribution in [3.8, 4) is 22.6 Å². The number of nitrogen functional groups attached to an aromatic ring is 2. The minimum absolute atomic E-state index is 0.0957. The lowest BCUT2D eigenvalue weighted by Crippen LogP contribution is -2.35. The average molecular weight is 598 g/mol. The van der Waals surface area contributed by atoms with E-state index in [1.54, 1.807) is 0 Å². The van der Waals surface area contributed by atoms with Crippen molar-refractivity contribution < 1.29 is 19.1 Å². The van der Waals surface area contributed by atoms with Crippen LogP contribution in [0.15, 0.2) is 12.1 Å². The monoisotopic (exact) mass is 596 g/mol. The largest absolute Gasteiger partial charge is 0.495 e. The number of hydrogen-bond acceptors (Lipinski definition) is 8. The zero-order valence-corrected chi connectivity index (χ0v) is 25.8. The van der Waals surface area contributed by atoms with Crippen LogP contribution in [0.3, 0.4) is 0 Å². The first-order chi connectivity index (χ1) is 19.1.